The number of carbonyl (C=O) groups excluding carboxylic acids is 1. The van der Waals surface area contributed by atoms with E-state index in [1.54, 1.807) is 17.9 Å². The molecule has 2 aromatic rings. The second-order valence-electron chi connectivity index (χ2n) is 4.94. The molecule has 2 heterocycles. The van der Waals surface area contributed by atoms with Crippen LogP contribution in [0.3, 0.4) is 0 Å². The van der Waals surface area contributed by atoms with Crippen molar-refractivity contribution >= 4 is 16.8 Å². The third kappa shape index (κ3) is 2.52. The van der Waals surface area contributed by atoms with E-state index in [0.29, 0.717) is 5.52 Å². The molecule has 0 aromatic carbocycles. The van der Waals surface area contributed by atoms with E-state index in [1.165, 1.54) is 4.57 Å². The number of amides is 1. The molecule has 6 nitrogen and oxygen atoms in total. The third-order valence-electron chi connectivity index (χ3n) is 2.92. The average Bonchev–Trinajstić information content (AvgIpc) is 2.57. The first-order chi connectivity index (χ1) is 8.90. The molecule has 0 unspecified atom stereocenters. The second-order valence-corrected chi connectivity index (χ2v) is 4.94. The minimum Gasteiger partial charge on any atom is -0.352 e. The third-order valence-corrected chi connectivity index (χ3v) is 2.92. The maximum Gasteiger partial charge on any atom is 0.277 e. The van der Waals surface area contributed by atoms with Crippen LogP contribution >= 0.6 is 0 Å². The first kappa shape index (κ1) is 13.3. The lowest BCUT2D eigenvalue weighted by atomic mass is 10.2. The highest BCUT2D eigenvalue weighted by Gasteiger charge is 2.12. The van der Waals surface area contributed by atoms with E-state index in [0.717, 1.165) is 11.1 Å². The van der Waals surface area contributed by atoms with Gasteiger partial charge in [-0.1, -0.05) is 0 Å². The van der Waals surface area contributed by atoms with E-state index in [1.807, 2.05) is 26.8 Å². The van der Waals surface area contributed by atoms with Crippen molar-refractivity contribution in [3.63, 3.8) is 0 Å². The molecule has 0 saturated carbocycles. The molecule has 0 atom stereocenters. The van der Waals surface area contributed by atoms with Crippen molar-refractivity contribution in [1.82, 2.24) is 19.7 Å². The van der Waals surface area contributed by atoms with Gasteiger partial charge < -0.3 is 9.88 Å². The first-order valence-corrected chi connectivity index (χ1v) is 6.22. The number of rotatable bonds is 3. The number of hydrogen-bond acceptors (Lipinski definition) is 3. The summed E-state index contributed by atoms with van der Waals surface area (Å²) in [7, 11) is 1.73. The molecule has 6 heteroatoms. The second kappa shape index (κ2) is 4.87. The fourth-order valence-corrected chi connectivity index (χ4v) is 2.14. The standard InChI is InChI=1S/C13H18N4O2/c1-8(2)14-11(18)7-17-6-5-10-9(3)15-16(4)12(10)13(17)19/h5-6,8H,7H2,1-4H3,(H,14,18). The predicted molar refractivity (Wildman–Crippen MR) is 73.0 cm³/mol. The molecular formula is C13H18N4O2. The van der Waals surface area contributed by atoms with Gasteiger partial charge in [0.05, 0.1) is 5.69 Å². The zero-order valence-corrected chi connectivity index (χ0v) is 11.6. The normalized spacial score (nSPS) is 11.2. The number of fused-ring (bicyclic) bond motifs is 1. The summed E-state index contributed by atoms with van der Waals surface area (Å²) in [5, 5.41) is 7.81. The van der Waals surface area contributed by atoms with Gasteiger partial charge in [0.25, 0.3) is 5.56 Å². The fraction of sp³-hybridized carbons (Fsp3) is 0.462. The maximum absolute atomic E-state index is 12.3. The first-order valence-electron chi connectivity index (χ1n) is 6.22. The smallest absolute Gasteiger partial charge is 0.277 e. The Morgan fingerprint density at radius 3 is 2.79 bits per heavy atom. The Bertz CT molecular complexity index is 682. The number of pyridine rings is 1. The summed E-state index contributed by atoms with van der Waals surface area (Å²) in [6, 6.07) is 1.88. The zero-order chi connectivity index (χ0) is 14.2. The SMILES string of the molecule is Cc1nn(C)c2c(=O)n(CC(=O)NC(C)C)ccc12. The number of aromatic nitrogens is 3. The summed E-state index contributed by atoms with van der Waals surface area (Å²) in [4.78, 5) is 24.0. The summed E-state index contributed by atoms with van der Waals surface area (Å²) >= 11 is 0. The molecule has 19 heavy (non-hydrogen) atoms. The van der Waals surface area contributed by atoms with Crippen LogP contribution in [0.4, 0.5) is 0 Å². The molecule has 2 aromatic heterocycles. The molecule has 0 spiro atoms. The van der Waals surface area contributed by atoms with Crippen LogP contribution < -0.4 is 10.9 Å². The lowest BCUT2D eigenvalue weighted by Gasteiger charge is -2.10. The number of hydrogen-bond donors (Lipinski definition) is 1. The lowest BCUT2D eigenvalue weighted by Crippen LogP contribution is -2.36. The highest BCUT2D eigenvalue weighted by atomic mass is 16.2. The van der Waals surface area contributed by atoms with Gasteiger partial charge in [0.2, 0.25) is 5.91 Å². The van der Waals surface area contributed by atoms with Gasteiger partial charge in [0.15, 0.2) is 0 Å². The van der Waals surface area contributed by atoms with Crippen LogP contribution in [0.25, 0.3) is 10.9 Å². The molecule has 0 bridgehead atoms. The van der Waals surface area contributed by atoms with Crippen LogP contribution in [0.15, 0.2) is 17.1 Å². The number of nitrogens with zero attached hydrogens (tertiary/aromatic N) is 3. The number of nitrogens with one attached hydrogen (secondary N) is 1. The van der Waals surface area contributed by atoms with Crippen LogP contribution in [0.1, 0.15) is 19.5 Å². The molecule has 2 rings (SSSR count). The van der Waals surface area contributed by atoms with Gasteiger partial charge in [0.1, 0.15) is 12.1 Å². The van der Waals surface area contributed by atoms with E-state index in [-0.39, 0.29) is 24.1 Å². The van der Waals surface area contributed by atoms with Gasteiger partial charge in [-0.2, -0.15) is 5.10 Å². The topological polar surface area (TPSA) is 68.9 Å². The van der Waals surface area contributed by atoms with Crippen molar-refractivity contribution in [3.05, 3.63) is 28.3 Å². The van der Waals surface area contributed by atoms with Crippen molar-refractivity contribution in [3.8, 4) is 0 Å². The van der Waals surface area contributed by atoms with Crippen molar-refractivity contribution in [2.75, 3.05) is 0 Å². The molecule has 102 valence electrons. The van der Waals surface area contributed by atoms with E-state index in [4.69, 9.17) is 0 Å². The summed E-state index contributed by atoms with van der Waals surface area (Å²) < 4.78 is 2.96. The largest absolute Gasteiger partial charge is 0.352 e. The van der Waals surface area contributed by atoms with Crippen molar-refractivity contribution in [1.29, 1.82) is 0 Å². The van der Waals surface area contributed by atoms with Crippen LogP contribution in [0.5, 0.6) is 0 Å². The van der Waals surface area contributed by atoms with Crippen molar-refractivity contribution in [2.24, 2.45) is 7.05 Å². The molecular weight excluding hydrogens is 244 g/mol. The quantitative estimate of drug-likeness (QED) is 0.879. The predicted octanol–water partition coefficient (Wildman–Crippen LogP) is 0.568. The molecule has 1 N–H and O–H groups in total. The zero-order valence-electron chi connectivity index (χ0n) is 11.6. The Labute approximate surface area is 111 Å². The van der Waals surface area contributed by atoms with Crippen molar-refractivity contribution < 1.29 is 4.79 Å². The fourth-order valence-electron chi connectivity index (χ4n) is 2.14. The monoisotopic (exact) mass is 262 g/mol. The Kier molecular flexibility index (Phi) is 3.42. The molecule has 0 aliphatic carbocycles. The van der Waals surface area contributed by atoms with Crippen LogP contribution in [-0.4, -0.2) is 26.3 Å². The van der Waals surface area contributed by atoms with Gasteiger partial charge >= 0.3 is 0 Å². The molecule has 1 amide bonds. The van der Waals surface area contributed by atoms with Gasteiger partial charge in [-0.3, -0.25) is 14.3 Å². The highest BCUT2D eigenvalue weighted by molar-refractivity contribution is 5.81. The minimum atomic E-state index is -0.195. The molecule has 0 radical (unpaired) electrons. The summed E-state index contributed by atoms with van der Waals surface area (Å²) in [6.45, 7) is 5.65. The summed E-state index contributed by atoms with van der Waals surface area (Å²) in [5.41, 5.74) is 1.14. The Morgan fingerprint density at radius 1 is 1.47 bits per heavy atom. The van der Waals surface area contributed by atoms with E-state index >= 15 is 0 Å². The van der Waals surface area contributed by atoms with Gasteiger partial charge in [0, 0.05) is 24.7 Å². The van der Waals surface area contributed by atoms with Crippen LogP contribution in [0, 0.1) is 6.92 Å². The van der Waals surface area contributed by atoms with Gasteiger partial charge in [-0.15, -0.1) is 0 Å². The number of carbonyl (C=O) groups is 1. The van der Waals surface area contributed by atoms with Crippen molar-refractivity contribution in [2.45, 2.75) is 33.4 Å². The summed E-state index contributed by atoms with van der Waals surface area (Å²) in [6.07, 6.45) is 1.64. The molecule has 0 saturated heterocycles. The highest BCUT2D eigenvalue weighted by Crippen LogP contribution is 2.12. The lowest BCUT2D eigenvalue weighted by molar-refractivity contribution is -0.122. The molecule has 0 aliphatic heterocycles. The Morgan fingerprint density at radius 2 is 2.16 bits per heavy atom. The van der Waals surface area contributed by atoms with Crippen LogP contribution in [0.2, 0.25) is 0 Å². The average molecular weight is 262 g/mol. The Hall–Kier alpha value is -2.11. The summed E-state index contributed by atoms with van der Waals surface area (Å²) in [5.74, 6) is -0.171. The Balaban J connectivity index is 2.41. The molecule has 0 aliphatic rings. The van der Waals surface area contributed by atoms with E-state index in [2.05, 4.69) is 10.4 Å². The maximum atomic E-state index is 12.3. The minimum absolute atomic E-state index is 0.0250. The van der Waals surface area contributed by atoms with E-state index in [9.17, 15) is 9.59 Å². The van der Waals surface area contributed by atoms with E-state index < -0.39 is 0 Å². The van der Waals surface area contributed by atoms with Gasteiger partial charge in [-0.25, -0.2) is 0 Å². The van der Waals surface area contributed by atoms with Gasteiger partial charge in [-0.05, 0) is 26.8 Å². The van der Waals surface area contributed by atoms with Crippen LogP contribution in [-0.2, 0) is 18.4 Å². The molecule has 0 fully saturated rings. The number of aryl methyl sites for hydroxylation is 2.